The lowest BCUT2D eigenvalue weighted by atomic mass is 9.84. The average molecular weight is 281 g/mol. The summed E-state index contributed by atoms with van der Waals surface area (Å²) in [4.78, 5) is 12.5. The zero-order valence-electron chi connectivity index (χ0n) is 11.7. The van der Waals surface area contributed by atoms with Gasteiger partial charge in [-0.2, -0.15) is 0 Å². The van der Waals surface area contributed by atoms with Crippen molar-refractivity contribution in [3.05, 3.63) is 21.4 Å². The van der Waals surface area contributed by atoms with Crippen LogP contribution in [0.5, 0.6) is 0 Å². The molecule has 0 unspecified atom stereocenters. The molecule has 0 radical (unpaired) electrons. The van der Waals surface area contributed by atoms with Crippen LogP contribution in [0.1, 0.15) is 59.1 Å². The van der Waals surface area contributed by atoms with Crippen LogP contribution in [0, 0.1) is 12.8 Å². The smallest absolute Gasteiger partial charge is 0.345 e. The maximum Gasteiger partial charge on any atom is 0.345 e. The Bertz CT molecular complexity index is 433. The van der Waals surface area contributed by atoms with E-state index in [2.05, 4.69) is 12.2 Å². The molecule has 0 aromatic carbocycles. The van der Waals surface area contributed by atoms with E-state index in [9.17, 15) is 4.79 Å². The topological polar surface area (TPSA) is 49.3 Å². The highest BCUT2D eigenvalue weighted by Crippen LogP contribution is 2.27. The molecule has 19 heavy (non-hydrogen) atoms. The molecule has 1 aromatic rings. The van der Waals surface area contributed by atoms with Crippen LogP contribution in [0.3, 0.4) is 0 Å². The van der Waals surface area contributed by atoms with Gasteiger partial charge in [-0.05, 0) is 50.2 Å². The Hall–Kier alpha value is -0.870. The monoisotopic (exact) mass is 281 g/mol. The normalized spacial score (nSPS) is 23.5. The maximum absolute atomic E-state index is 10.9. The van der Waals surface area contributed by atoms with E-state index in [4.69, 9.17) is 5.11 Å². The van der Waals surface area contributed by atoms with Crippen molar-refractivity contribution in [1.82, 2.24) is 5.32 Å². The van der Waals surface area contributed by atoms with Gasteiger partial charge in [0, 0.05) is 17.5 Å². The van der Waals surface area contributed by atoms with Crippen molar-refractivity contribution < 1.29 is 9.90 Å². The lowest BCUT2D eigenvalue weighted by molar-refractivity contribution is 0.0702. The van der Waals surface area contributed by atoms with E-state index in [0.717, 1.165) is 22.9 Å². The molecule has 0 atom stereocenters. The minimum atomic E-state index is -0.817. The van der Waals surface area contributed by atoms with Crippen LogP contribution in [-0.4, -0.2) is 17.1 Å². The third-order valence-corrected chi connectivity index (χ3v) is 5.32. The zero-order valence-corrected chi connectivity index (χ0v) is 12.6. The summed E-state index contributed by atoms with van der Waals surface area (Å²) in [6, 6.07) is 2.42. The van der Waals surface area contributed by atoms with E-state index in [1.165, 1.54) is 43.4 Å². The molecule has 1 fully saturated rings. The predicted molar refractivity (Wildman–Crippen MR) is 78.9 cm³/mol. The number of rotatable bonds is 5. The van der Waals surface area contributed by atoms with Gasteiger partial charge in [0.2, 0.25) is 0 Å². The first-order valence-corrected chi connectivity index (χ1v) is 7.97. The van der Waals surface area contributed by atoms with Gasteiger partial charge in [0.25, 0.3) is 0 Å². The Morgan fingerprint density at radius 3 is 2.63 bits per heavy atom. The van der Waals surface area contributed by atoms with E-state index < -0.39 is 5.97 Å². The Morgan fingerprint density at radius 2 is 2.11 bits per heavy atom. The maximum atomic E-state index is 10.9. The molecule has 1 aromatic heterocycles. The summed E-state index contributed by atoms with van der Waals surface area (Å²) in [5, 5.41) is 12.6. The number of aryl methyl sites for hydroxylation is 1. The number of hydrogen-bond acceptors (Lipinski definition) is 3. The van der Waals surface area contributed by atoms with Gasteiger partial charge in [-0.25, -0.2) is 4.79 Å². The van der Waals surface area contributed by atoms with Crippen LogP contribution < -0.4 is 5.32 Å². The molecule has 0 spiro atoms. The van der Waals surface area contributed by atoms with Crippen molar-refractivity contribution in [2.24, 2.45) is 5.92 Å². The van der Waals surface area contributed by atoms with Crippen molar-refractivity contribution in [2.75, 3.05) is 0 Å². The van der Waals surface area contributed by atoms with Gasteiger partial charge in [0.1, 0.15) is 4.88 Å². The molecule has 106 valence electrons. The van der Waals surface area contributed by atoms with Gasteiger partial charge >= 0.3 is 5.97 Å². The van der Waals surface area contributed by atoms with E-state index in [-0.39, 0.29) is 0 Å². The molecule has 0 bridgehead atoms. The van der Waals surface area contributed by atoms with Crippen LogP contribution in [0.25, 0.3) is 0 Å². The van der Waals surface area contributed by atoms with Gasteiger partial charge in [0.05, 0.1) is 0 Å². The molecule has 0 saturated heterocycles. The van der Waals surface area contributed by atoms with Crippen molar-refractivity contribution in [2.45, 2.75) is 58.5 Å². The lowest BCUT2D eigenvalue weighted by Gasteiger charge is -2.28. The number of nitrogens with one attached hydrogen (secondary N) is 1. The minimum Gasteiger partial charge on any atom is -0.477 e. The fraction of sp³-hybridized carbons (Fsp3) is 0.667. The third kappa shape index (κ3) is 3.80. The van der Waals surface area contributed by atoms with Gasteiger partial charge in [-0.1, -0.05) is 13.3 Å². The largest absolute Gasteiger partial charge is 0.477 e. The summed E-state index contributed by atoms with van der Waals surface area (Å²) in [5.74, 6) is 0.0994. The molecular formula is C15H23NO2S. The van der Waals surface area contributed by atoms with Crippen molar-refractivity contribution in [3.63, 3.8) is 0 Å². The number of thiophene rings is 1. The fourth-order valence-corrected chi connectivity index (χ4v) is 3.71. The molecule has 1 heterocycles. The quantitative estimate of drug-likeness (QED) is 0.862. The molecule has 3 nitrogen and oxygen atoms in total. The molecule has 0 amide bonds. The molecule has 1 saturated carbocycles. The average Bonchev–Trinajstić information content (AvgIpc) is 2.79. The number of hydrogen-bond donors (Lipinski definition) is 2. The predicted octanol–water partition coefficient (Wildman–Crippen LogP) is 3.81. The van der Waals surface area contributed by atoms with Gasteiger partial charge in [-0.3, -0.25) is 0 Å². The van der Waals surface area contributed by atoms with Crippen LogP contribution in [-0.2, 0) is 6.54 Å². The van der Waals surface area contributed by atoms with Crippen LogP contribution in [0.4, 0.5) is 0 Å². The second-order valence-electron chi connectivity index (χ2n) is 5.50. The summed E-state index contributed by atoms with van der Waals surface area (Å²) in [6.07, 6.45) is 6.48. The minimum absolute atomic E-state index is 0.448. The number of carboxylic acid groups (broad SMARTS) is 1. The summed E-state index contributed by atoms with van der Waals surface area (Å²) in [5.41, 5.74) is 1.14. The second kappa shape index (κ2) is 6.53. The SMILES string of the molecule is CCC1CCC(NCc2cc(C(=O)O)sc2C)CC1. The van der Waals surface area contributed by atoms with E-state index >= 15 is 0 Å². The molecule has 0 aliphatic heterocycles. The van der Waals surface area contributed by atoms with Gasteiger partial charge in [-0.15, -0.1) is 11.3 Å². The van der Waals surface area contributed by atoms with E-state index in [1.54, 1.807) is 0 Å². The fourth-order valence-electron chi connectivity index (χ4n) is 2.83. The van der Waals surface area contributed by atoms with Crippen LogP contribution >= 0.6 is 11.3 Å². The summed E-state index contributed by atoms with van der Waals surface area (Å²) >= 11 is 1.37. The molecule has 1 aliphatic rings. The van der Waals surface area contributed by atoms with Crippen molar-refractivity contribution in [1.29, 1.82) is 0 Å². The highest BCUT2D eigenvalue weighted by atomic mass is 32.1. The second-order valence-corrected chi connectivity index (χ2v) is 6.76. The highest BCUT2D eigenvalue weighted by molar-refractivity contribution is 7.14. The summed E-state index contributed by atoms with van der Waals surface area (Å²) in [6.45, 7) is 5.08. The Morgan fingerprint density at radius 1 is 1.42 bits per heavy atom. The van der Waals surface area contributed by atoms with E-state index in [1.807, 2.05) is 13.0 Å². The Labute approximate surface area is 119 Å². The molecule has 4 heteroatoms. The zero-order chi connectivity index (χ0) is 13.8. The molecule has 1 aliphatic carbocycles. The summed E-state index contributed by atoms with van der Waals surface area (Å²) in [7, 11) is 0. The van der Waals surface area contributed by atoms with Crippen molar-refractivity contribution >= 4 is 17.3 Å². The lowest BCUT2D eigenvalue weighted by Crippen LogP contribution is -2.32. The van der Waals surface area contributed by atoms with E-state index in [0.29, 0.717) is 10.9 Å². The Kier molecular flexibility index (Phi) is 4.99. The van der Waals surface area contributed by atoms with Gasteiger partial charge < -0.3 is 10.4 Å². The first kappa shape index (κ1) is 14.5. The highest BCUT2D eigenvalue weighted by Gasteiger charge is 2.20. The molecular weight excluding hydrogens is 258 g/mol. The van der Waals surface area contributed by atoms with Gasteiger partial charge in [0.15, 0.2) is 0 Å². The first-order valence-electron chi connectivity index (χ1n) is 7.16. The van der Waals surface area contributed by atoms with Crippen molar-refractivity contribution in [3.8, 4) is 0 Å². The van der Waals surface area contributed by atoms with Crippen LogP contribution in [0.2, 0.25) is 0 Å². The molecule has 2 rings (SSSR count). The third-order valence-electron chi connectivity index (χ3n) is 4.24. The number of carboxylic acids is 1. The number of carbonyl (C=O) groups is 1. The first-order chi connectivity index (χ1) is 9.10. The van der Waals surface area contributed by atoms with Crippen LogP contribution in [0.15, 0.2) is 6.07 Å². The summed E-state index contributed by atoms with van der Waals surface area (Å²) < 4.78 is 0. The molecule has 2 N–H and O–H groups in total. The number of aromatic carboxylic acids is 1. The standard InChI is InChI=1S/C15H23NO2S/c1-3-11-4-6-13(7-5-11)16-9-12-8-14(15(17)18)19-10(12)2/h8,11,13,16H,3-7,9H2,1-2H3,(H,17,18). The Balaban J connectivity index is 1.84.